The third-order valence-corrected chi connectivity index (χ3v) is 3.90. The van der Waals surface area contributed by atoms with Crippen LogP contribution in [-0.2, 0) is 0 Å². The number of nitrogens with one attached hydrogen (secondary N) is 1. The largest absolute Gasteiger partial charge is 0.495 e. The molecule has 2 aromatic carbocycles. The Labute approximate surface area is 176 Å². The fourth-order valence-corrected chi connectivity index (χ4v) is 2.49. The first-order valence-electron chi connectivity index (χ1n) is 8.17. The van der Waals surface area contributed by atoms with E-state index in [9.17, 15) is 23.3 Å². The van der Waals surface area contributed by atoms with E-state index in [1.165, 1.54) is 25.3 Å². The molecule has 0 spiro atoms. The predicted octanol–water partition coefficient (Wildman–Crippen LogP) is 4.72. The number of anilines is 2. The van der Waals surface area contributed by atoms with Gasteiger partial charge in [-0.2, -0.15) is 23.1 Å². The average Bonchev–Trinajstić information content (AvgIpc) is 2.71. The van der Waals surface area contributed by atoms with E-state index in [4.69, 9.17) is 21.1 Å². The van der Waals surface area contributed by atoms with Gasteiger partial charge in [0.05, 0.1) is 22.7 Å². The smallest absolute Gasteiger partial charge is 0.387 e. The number of nitro benzene ring substituents is 1. The molecule has 162 valence electrons. The lowest BCUT2D eigenvalue weighted by Crippen LogP contribution is -2.07. The maximum atomic E-state index is 13.8. The maximum Gasteiger partial charge on any atom is 0.387 e. The molecule has 1 aromatic heterocycles. The second-order valence-electron chi connectivity index (χ2n) is 5.55. The molecule has 0 unspecified atom stereocenters. The van der Waals surface area contributed by atoms with Crippen molar-refractivity contribution in [1.29, 1.82) is 0 Å². The van der Waals surface area contributed by atoms with Crippen molar-refractivity contribution in [2.45, 2.75) is 6.61 Å². The zero-order valence-corrected chi connectivity index (χ0v) is 16.1. The number of alkyl halides is 2. The molecular formula is C17H11ClF3N5O5. The molecule has 1 N–H and O–H groups in total. The van der Waals surface area contributed by atoms with Crippen LogP contribution in [0.4, 0.5) is 30.5 Å². The van der Waals surface area contributed by atoms with Crippen LogP contribution in [0.15, 0.2) is 36.7 Å². The minimum atomic E-state index is -3.31. The number of hydrogen-bond donors (Lipinski definition) is 1. The van der Waals surface area contributed by atoms with Crippen molar-refractivity contribution < 1.29 is 32.3 Å². The fourth-order valence-electron chi connectivity index (χ4n) is 2.29. The van der Waals surface area contributed by atoms with Crippen molar-refractivity contribution >= 4 is 28.9 Å². The Morgan fingerprint density at radius 1 is 1.19 bits per heavy atom. The van der Waals surface area contributed by atoms with Crippen molar-refractivity contribution in [3.63, 3.8) is 0 Å². The lowest BCUT2D eigenvalue weighted by atomic mass is 10.2. The Balaban J connectivity index is 1.89. The number of rotatable bonds is 8. The lowest BCUT2D eigenvalue weighted by molar-refractivity contribution is -0.387. The summed E-state index contributed by atoms with van der Waals surface area (Å²) in [5.74, 6) is -1.70. The molecule has 10 nitrogen and oxygen atoms in total. The highest BCUT2D eigenvalue weighted by molar-refractivity contribution is 6.32. The summed E-state index contributed by atoms with van der Waals surface area (Å²) in [6.07, 6.45) is 1.03. The Morgan fingerprint density at radius 2 is 1.97 bits per heavy atom. The van der Waals surface area contributed by atoms with Gasteiger partial charge in [0, 0.05) is 18.2 Å². The first-order valence-corrected chi connectivity index (χ1v) is 8.55. The molecule has 0 fully saturated rings. The number of ether oxygens (including phenoxy) is 3. The minimum absolute atomic E-state index is 0.213. The number of hydrogen-bond acceptors (Lipinski definition) is 9. The van der Waals surface area contributed by atoms with Crippen molar-refractivity contribution in [3.8, 4) is 23.3 Å². The molecule has 0 amide bonds. The molecule has 0 bridgehead atoms. The van der Waals surface area contributed by atoms with Crippen LogP contribution in [0, 0.1) is 15.9 Å². The van der Waals surface area contributed by atoms with Crippen molar-refractivity contribution in [1.82, 2.24) is 15.0 Å². The summed E-state index contributed by atoms with van der Waals surface area (Å²) in [4.78, 5) is 21.4. The quantitative estimate of drug-likeness (QED) is 0.378. The van der Waals surface area contributed by atoms with Crippen LogP contribution < -0.4 is 19.5 Å². The van der Waals surface area contributed by atoms with Crippen LogP contribution in [0.3, 0.4) is 0 Å². The third kappa shape index (κ3) is 5.39. The number of nitrogens with zero attached hydrogens (tertiary/aromatic N) is 4. The van der Waals surface area contributed by atoms with Gasteiger partial charge in [-0.3, -0.25) is 10.1 Å². The number of halogens is 4. The van der Waals surface area contributed by atoms with Gasteiger partial charge in [-0.05, 0) is 12.1 Å². The first-order chi connectivity index (χ1) is 14.8. The first kappa shape index (κ1) is 21.8. The summed E-state index contributed by atoms with van der Waals surface area (Å²) in [7, 11) is 1.41. The van der Waals surface area contributed by atoms with Gasteiger partial charge in [-0.1, -0.05) is 11.6 Å². The molecule has 0 aliphatic heterocycles. The van der Waals surface area contributed by atoms with Gasteiger partial charge in [-0.25, -0.2) is 4.98 Å². The third-order valence-electron chi connectivity index (χ3n) is 3.59. The highest BCUT2D eigenvalue weighted by Crippen LogP contribution is 2.35. The van der Waals surface area contributed by atoms with Gasteiger partial charge >= 0.3 is 18.3 Å². The molecular weight excluding hydrogens is 447 g/mol. The van der Waals surface area contributed by atoms with E-state index in [-0.39, 0.29) is 23.4 Å². The summed E-state index contributed by atoms with van der Waals surface area (Å²) in [5.41, 5.74) is -1.35. The molecule has 14 heteroatoms. The van der Waals surface area contributed by atoms with Gasteiger partial charge in [0.1, 0.15) is 17.8 Å². The summed E-state index contributed by atoms with van der Waals surface area (Å²) in [6, 6.07) is 5.40. The Hall–Kier alpha value is -3.87. The van der Waals surface area contributed by atoms with E-state index in [1.807, 2.05) is 0 Å². The van der Waals surface area contributed by atoms with Crippen molar-refractivity contribution in [2.24, 2.45) is 0 Å². The monoisotopic (exact) mass is 457 g/mol. The minimum Gasteiger partial charge on any atom is -0.495 e. The second kappa shape index (κ2) is 9.30. The molecule has 0 saturated carbocycles. The van der Waals surface area contributed by atoms with Crippen LogP contribution in [0.5, 0.6) is 23.3 Å². The molecule has 0 atom stereocenters. The zero-order chi connectivity index (χ0) is 22.5. The van der Waals surface area contributed by atoms with Gasteiger partial charge in [0.15, 0.2) is 5.75 Å². The normalized spacial score (nSPS) is 10.6. The summed E-state index contributed by atoms with van der Waals surface area (Å²) in [5, 5.41) is 13.7. The van der Waals surface area contributed by atoms with Crippen molar-refractivity contribution in [2.75, 3.05) is 12.4 Å². The second-order valence-corrected chi connectivity index (χ2v) is 5.96. The summed E-state index contributed by atoms with van der Waals surface area (Å²) < 4.78 is 53.8. The van der Waals surface area contributed by atoms with Crippen LogP contribution in [0.2, 0.25) is 5.02 Å². The highest BCUT2D eigenvalue weighted by Gasteiger charge is 2.22. The zero-order valence-electron chi connectivity index (χ0n) is 15.4. The maximum absolute atomic E-state index is 13.8. The Bertz CT molecular complexity index is 1120. The van der Waals surface area contributed by atoms with E-state index in [1.54, 1.807) is 0 Å². The van der Waals surface area contributed by atoms with E-state index < -0.39 is 28.8 Å². The van der Waals surface area contributed by atoms with Crippen molar-refractivity contribution in [3.05, 3.63) is 57.6 Å². The van der Waals surface area contributed by atoms with E-state index >= 15 is 0 Å². The SMILES string of the molecule is COc1cc(Oc2ncnc(Nc3cc([N+](=O)[O-])c(F)cc3OC(F)F)n2)ccc1Cl. The van der Waals surface area contributed by atoms with E-state index in [0.29, 0.717) is 22.9 Å². The number of nitro groups is 1. The van der Waals surface area contributed by atoms with Crippen LogP contribution in [0.25, 0.3) is 0 Å². The molecule has 0 radical (unpaired) electrons. The molecule has 3 rings (SSSR count). The molecule has 0 aliphatic rings. The van der Waals surface area contributed by atoms with Gasteiger partial charge in [0.25, 0.3) is 0 Å². The highest BCUT2D eigenvalue weighted by atomic mass is 35.5. The van der Waals surface area contributed by atoms with Gasteiger partial charge in [0.2, 0.25) is 11.8 Å². The fraction of sp³-hybridized carbons (Fsp3) is 0.118. The van der Waals surface area contributed by atoms with Crippen LogP contribution in [-0.4, -0.2) is 33.6 Å². The standard InChI is InChI=1S/C17H11ClF3N5O5/c1-29-13-4-8(2-3-9(13)18)30-17-23-7-22-16(25-17)24-11-6-12(26(27)28)10(19)5-14(11)31-15(20)21/h2-7,15H,1H3,(H,22,23,24,25). The Morgan fingerprint density at radius 3 is 2.65 bits per heavy atom. The van der Waals surface area contributed by atoms with Gasteiger partial charge < -0.3 is 19.5 Å². The number of methoxy groups -OCH3 is 1. The Kier molecular flexibility index (Phi) is 6.55. The lowest BCUT2D eigenvalue weighted by Gasteiger charge is -2.12. The molecule has 31 heavy (non-hydrogen) atoms. The topological polar surface area (TPSA) is 122 Å². The molecule has 3 aromatic rings. The van der Waals surface area contributed by atoms with E-state index in [0.717, 1.165) is 6.33 Å². The number of aromatic nitrogens is 3. The molecule has 1 heterocycles. The molecule has 0 saturated heterocycles. The van der Waals surface area contributed by atoms with Gasteiger partial charge in [-0.15, -0.1) is 0 Å². The van der Waals surface area contributed by atoms with Crippen LogP contribution >= 0.6 is 11.6 Å². The number of benzene rings is 2. The summed E-state index contributed by atoms with van der Waals surface area (Å²) in [6.45, 7) is -3.31. The van der Waals surface area contributed by atoms with Crippen LogP contribution in [0.1, 0.15) is 0 Å². The predicted molar refractivity (Wildman–Crippen MR) is 101 cm³/mol. The van der Waals surface area contributed by atoms with E-state index in [2.05, 4.69) is 25.0 Å². The average molecular weight is 458 g/mol. The summed E-state index contributed by atoms with van der Waals surface area (Å²) >= 11 is 5.94. The molecule has 0 aliphatic carbocycles.